The molecule has 0 radical (unpaired) electrons. The molecule has 5 nitrogen and oxygen atoms in total. The van der Waals surface area contributed by atoms with Crippen molar-refractivity contribution in [2.24, 2.45) is 5.41 Å². The van der Waals surface area contributed by atoms with E-state index in [9.17, 15) is 23.1 Å². The molecule has 0 bridgehead atoms. The molecule has 3 heterocycles. The zero-order valence-corrected chi connectivity index (χ0v) is 14.6. The van der Waals surface area contributed by atoms with Gasteiger partial charge in [0.05, 0.1) is 12.5 Å². The molecule has 2 fully saturated rings. The summed E-state index contributed by atoms with van der Waals surface area (Å²) < 4.78 is 37.2. The molecular formula is C18H24F3N3O2. The summed E-state index contributed by atoms with van der Waals surface area (Å²) in [6.45, 7) is 2.06. The summed E-state index contributed by atoms with van der Waals surface area (Å²) >= 11 is 0. The first kappa shape index (κ1) is 18.9. The number of nitrogens with zero attached hydrogens (tertiary/aromatic N) is 3. The summed E-state index contributed by atoms with van der Waals surface area (Å²) in [6, 6.07) is 3.81. The fourth-order valence-electron chi connectivity index (χ4n) is 4.11. The van der Waals surface area contributed by atoms with Gasteiger partial charge in [-0.1, -0.05) is 0 Å². The van der Waals surface area contributed by atoms with Crippen LogP contribution in [0.3, 0.4) is 0 Å². The number of pyridine rings is 1. The second-order valence-corrected chi connectivity index (χ2v) is 7.33. The summed E-state index contributed by atoms with van der Waals surface area (Å²) in [5.41, 5.74) is 0.514. The van der Waals surface area contributed by atoms with Crippen molar-refractivity contribution in [2.75, 3.05) is 31.1 Å². The van der Waals surface area contributed by atoms with Crippen LogP contribution in [0.25, 0.3) is 0 Å². The summed E-state index contributed by atoms with van der Waals surface area (Å²) in [6.07, 6.45) is -1.05. The zero-order chi connectivity index (χ0) is 18.8. The molecule has 2 saturated heterocycles. The summed E-state index contributed by atoms with van der Waals surface area (Å²) in [5, 5.41) is 10.7. The van der Waals surface area contributed by atoms with Crippen molar-refractivity contribution in [1.82, 2.24) is 9.88 Å². The van der Waals surface area contributed by atoms with E-state index in [0.717, 1.165) is 12.1 Å². The van der Waals surface area contributed by atoms with Crippen molar-refractivity contribution in [2.45, 2.75) is 44.4 Å². The summed E-state index contributed by atoms with van der Waals surface area (Å²) in [5.74, 6) is -0.477. The molecule has 0 aliphatic carbocycles. The van der Waals surface area contributed by atoms with Crippen LogP contribution in [-0.4, -0.2) is 59.4 Å². The number of piperidine rings is 2. The second-order valence-electron chi connectivity index (χ2n) is 7.33. The number of alkyl halides is 3. The maximum atomic E-state index is 12.4. The number of aliphatic hydroxyl groups excluding tert-OH is 1. The minimum absolute atomic E-state index is 0.312. The van der Waals surface area contributed by atoms with Crippen molar-refractivity contribution < 1.29 is 23.1 Å². The molecule has 1 N–H and O–H groups in total. The Labute approximate surface area is 150 Å². The average Bonchev–Trinajstić information content (AvgIpc) is 2.62. The van der Waals surface area contributed by atoms with E-state index < -0.39 is 36.4 Å². The number of hydrogen-bond acceptors (Lipinski definition) is 4. The molecule has 144 valence electrons. The Balaban J connectivity index is 1.70. The lowest BCUT2D eigenvalue weighted by Crippen LogP contribution is -2.60. The molecule has 2 atom stereocenters. The van der Waals surface area contributed by atoms with E-state index in [0.29, 0.717) is 39.0 Å². The number of carbonyl (C=O) groups is 1. The minimum atomic E-state index is -4.33. The molecule has 2 aliphatic heterocycles. The van der Waals surface area contributed by atoms with E-state index in [4.69, 9.17) is 0 Å². The lowest BCUT2D eigenvalue weighted by Gasteiger charge is -2.51. The highest BCUT2D eigenvalue weighted by Gasteiger charge is 2.46. The van der Waals surface area contributed by atoms with Gasteiger partial charge in [0.2, 0.25) is 5.91 Å². The van der Waals surface area contributed by atoms with Crippen LogP contribution in [0, 0.1) is 5.41 Å². The van der Waals surface area contributed by atoms with E-state index in [1.807, 2.05) is 12.1 Å². The molecule has 0 unspecified atom stereocenters. The quantitative estimate of drug-likeness (QED) is 0.888. The molecular weight excluding hydrogens is 347 g/mol. The lowest BCUT2D eigenvalue weighted by atomic mass is 9.71. The van der Waals surface area contributed by atoms with Crippen LogP contribution in [0.4, 0.5) is 18.9 Å². The van der Waals surface area contributed by atoms with Crippen LogP contribution < -0.4 is 4.90 Å². The normalized spacial score (nSPS) is 27.0. The van der Waals surface area contributed by atoms with Gasteiger partial charge in [-0.15, -0.1) is 0 Å². The van der Waals surface area contributed by atoms with Gasteiger partial charge in [0.25, 0.3) is 0 Å². The fourth-order valence-corrected chi connectivity index (χ4v) is 4.11. The number of anilines is 1. The third-order valence-corrected chi connectivity index (χ3v) is 5.50. The Bertz CT molecular complexity index is 626. The molecule has 0 aromatic carbocycles. The molecule has 1 amide bonds. The van der Waals surface area contributed by atoms with Crippen molar-refractivity contribution in [3.63, 3.8) is 0 Å². The Morgan fingerprint density at radius 3 is 2.69 bits per heavy atom. The molecule has 2 aliphatic rings. The van der Waals surface area contributed by atoms with Crippen molar-refractivity contribution in [3.05, 3.63) is 24.5 Å². The van der Waals surface area contributed by atoms with Crippen LogP contribution in [0.5, 0.6) is 0 Å². The van der Waals surface area contributed by atoms with Crippen molar-refractivity contribution >= 4 is 11.6 Å². The maximum Gasteiger partial charge on any atom is 0.389 e. The second kappa shape index (κ2) is 7.42. The molecule has 1 spiro atoms. The number of halogens is 3. The predicted octanol–water partition coefficient (Wildman–Crippen LogP) is 2.60. The monoisotopic (exact) mass is 371 g/mol. The van der Waals surface area contributed by atoms with Crippen LogP contribution in [-0.2, 0) is 4.79 Å². The van der Waals surface area contributed by atoms with Gasteiger partial charge in [-0.2, -0.15) is 13.2 Å². The first-order valence-electron chi connectivity index (χ1n) is 8.97. The highest BCUT2D eigenvalue weighted by molar-refractivity contribution is 5.76. The molecule has 1 aromatic rings. The van der Waals surface area contributed by atoms with Crippen molar-refractivity contribution in [1.29, 1.82) is 0 Å². The third kappa shape index (κ3) is 4.28. The SMILES string of the molecule is O=C(CCC(F)(F)F)N1CCC[C@]2(C1)CN(c1ccncc1)CC[C@H]2O. The van der Waals surface area contributed by atoms with E-state index in [2.05, 4.69) is 9.88 Å². The smallest absolute Gasteiger partial charge is 0.389 e. The molecule has 0 saturated carbocycles. The number of hydrogen-bond donors (Lipinski definition) is 1. The number of aromatic nitrogens is 1. The number of likely N-dealkylation sites (tertiary alicyclic amines) is 1. The average molecular weight is 371 g/mol. The predicted molar refractivity (Wildman–Crippen MR) is 90.6 cm³/mol. The van der Waals surface area contributed by atoms with E-state index in [1.54, 1.807) is 12.4 Å². The van der Waals surface area contributed by atoms with E-state index in [1.165, 1.54) is 4.90 Å². The first-order valence-corrected chi connectivity index (χ1v) is 8.97. The van der Waals surface area contributed by atoms with Gasteiger partial charge in [0, 0.05) is 56.1 Å². The lowest BCUT2D eigenvalue weighted by molar-refractivity contribution is -0.152. The number of rotatable bonds is 3. The molecule has 26 heavy (non-hydrogen) atoms. The Kier molecular flexibility index (Phi) is 5.41. The van der Waals surface area contributed by atoms with Crippen LogP contribution in [0.1, 0.15) is 32.1 Å². The fraction of sp³-hybridized carbons (Fsp3) is 0.667. The van der Waals surface area contributed by atoms with Crippen LogP contribution >= 0.6 is 0 Å². The third-order valence-electron chi connectivity index (χ3n) is 5.50. The Morgan fingerprint density at radius 1 is 1.27 bits per heavy atom. The van der Waals surface area contributed by atoms with Gasteiger partial charge < -0.3 is 14.9 Å². The topological polar surface area (TPSA) is 56.7 Å². The van der Waals surface area contributed by atoms with Gasteiger partial charge in [-0.3, -0.25) is 9.78 Å². The first-order chi connectivity index (χ1) is 12.3. The van der Waals surface area contributed by atoms with Crippen LogP contribution in [0.2, 0.25) is 0 Å². The van der Waals surface area contributed by atoms with Crippen LogP contribution in [0.15, 0.2) is 24.5 Å². The minimum Gasteiger partial charge on any atom is -0.392 e. The Hall–Kier alpha value is -1.83. The Morgan fingerprint density at radius 2 is 2.00 bits per heavy atom. The van der Waals surface area contributed by atoms with Gasteiger partial charge in [-0.05, 0) is 31.4 Å². The molecule has 8 heteroatoms. The number of amides is 1. The number of carbonyl (C=O) groups excluding carboxylic acids is 1. The molecule has 1 aromatic heterocycles. The zero-order valence-electron chi connectivity index (χ0n) is 14.6. The highest BCUT2D eigenvalue weighted by Crippen LogP contribution is 2.40. The largest absolute Gasteiger partial charge is 0.392 e. The van der Waals surface area contributed by atoms with E-state index in [-0.39, 0.29) is 0 Å². The van der Waals surface area contributed by atoms with Gasteiger partial charge >= 0.3 is 6.18 Å². The van der Waals surface area contributed by atoms with Gasteiger partial charge in [0.15, 0.2) is 0 Å². The van der Waals surface area contributed by atoms with Gasteiger partial charge in [0.1, 0.15) is 0 Å². The summed E-state index contributed by atoms with van der Waals surface area (Å²) in [4.78, 5) is 19.9. The van der Waals surface area contributed by atoms with E-state index >= 15 is 0 Å². The standard InChI is InChI=1S/C18H24F3N3O2/c19-18(20,21)7-2-16(26)24-10-1-6-17(13-24)12-23(11-5-15(17)25)14-3-8-22-9-4-14/h3-4,8-9,15,25H,1-2,5-7,10-13H2/t15-,17-/m1/s1. The maximum absolute atomic E-state index is 12.4. The summed E-state index contributed by atoms with van der Waals surface area (Å²) in [7, 11) is 0. The number of aliphatic hydroxyl groups is 1. The molecule has 3 rings (SSSR count). The van der Waals surface area contributed by atoms with Crippen molar-refractivity contribution in [3.8, 4) is 0 Å². The van der Waals surface area contributed by atoms with Gasteiger partial charge in [-0.25, -0.2) is 0 Å². The highest BCUT2D eigenvalue weighted by atomic mass is 19.4.